The number of rotatable bonds is 7. The number of thioether (sulfide) groups is 2. The van der Waals surface area contributed by atoms with E-state index in [4.69, 9.17) is 4.42 Å². The lowest BCUT2D eigenvalue weighted by atomic mass is 10.0. The van der Waals surface area contributed by atoms with Gasteiger partial charge in [-0.05, 0) is 103 Å². The number of carbonyl (C=O) groups excluding carboxylic acids is 1. The van der Waals surface area contributed by atoms with Crippen molar-refractivity contribution in [3.8, 4) is 0 Å². The number of fused-ring (bicyclic) bond motifs is 3. The lowest BCUT2D eigenvalue weighted by Gasteiger charge is -2.17. The number of nitrogens with zero attached hydrogens (tertiary/aromatic N) is 1. The van der Waals surface area contributed by atoms with Crippen molar-refractivity contribution in [2.24, 2.45) is 0 Å². The summed E-state index contributed by atoms with van der Waals surface area (Å²) in [7, 11) is 0. The third-order valence-electron chi connectivity index (χ3n) is 8.24. The fourth-order valence-corrected chi connectivity index (χ4v) is 8.20. The van der Waals surface area contributed by atoms with Crippen LogP contribution in [0.4, 0.5) is 5.69 Å². The van der Waals surface area contributed by atoms with Crippen molar-refractivity contribution in [1.82, 2.24) is 0 Å². The first-order valence-corrected chi connectivity index (χ1v) is 16.7. The van der Waals surface area contributed by atoms with E-state index in [9.17, 15) is 9.59 Å². The maximum Gasteiger partial charge on any atom is 0.336 e. The van der Waals surface area contributed by atoms with Gasteiger partial charge in [-0.15, -0.1) is 0 Å². The molecule has 4 nitrogen and oxygen atoms in total. The molecule has 0 unspecified atom stereocenters. The highest BCUT2D eigenvalue weighted by Gasteiger charge is 2.24. The maximum absolute atomic E-state index is 13.3. The average Bonchev–Trinajstić information content (AvgIpc) is 3.61. The molecule has 0 atom stereocenters. The monoisotopic (exact) mass is 625 g/mol. The number of benzene rings is 4. The highest BCUT2D eigenvalue weighted by atomic mass is 32.2. The van der Waals surface area contributed by atoms with Crippen molar-refractivity contribution in [1.29, 1.82) is 0 Å². The van der Waals surface area contributed by atoms with Crippen LogP contribution >= 0.6 is 23.5 Å². The van der Waals surface area contributed by atoms with Crippen molar-refractivity contribution < 1.29 is 9.21 Å². The number of carbonyl (C=O) groups is 1. The topological polar surface area (TPSA) is 50.5 Å². The molecule has 0 saturated heterocycles. The summed E-state index contributed by atoms with van der Waals surface area (Å²) in [5.41, 5.74) is 5.41. The van der Waals surface area contributed by atoms with Crippen molar-refractivity contribution in [3.05, 3.63) is 158 Å². The molecule has 0 radical (unpaired) electrons. The molecule has 0 N–H and O–H groups in total. The van der Waals surface area contributed by atoms with Gasteiger partial charge in [0.15, 0.2) is 5.78 Å². The summed E-state index contributed by atoms with van der Waals surface area (Å²) in [4.78, 5) is 31.1. The fourth-order valence-electron chi connectivity index (χ4n) is 5.93. The first-order valence-electron chi connectivity index (χ1n) is 15.1. The van der Waals surface area contributed by atoms with Crippen LogP contribution in [0, 0.1) is 6.92 Å². The molecule has 0 saturated carbocycles. The molecule has 0 bridgehead atoms. The van der Waals surface area contributed by atoms with Crippen molar-refractivity contribution in [3.63, 3.8) is 0 Å². The van der Waals surface area contributed by atoms with Gasteiger partial charge < -0.3 is 9.32 Å². The molecule has 1 aromatic heterocycles. The molecule has 0 fully saturated rings. The summed E-state index contributed by atoms with van der Waals surface area (Å²) in [5.74, 6) is -0.0150. The van der Waals surface area contributed by atoms with Crippen LogP contribution in [0.25, 0.3) is 21.7 Å². The molecule has 45 heavy (non-hydrogen) atoms. The van der Waals surface area contributed by atoms with Gasteiger partial charge in [-0.2, -0.15) is 0 Å². The van der Waals surface area contributed by atoms with Crippen LogP contribution < -0.4 is 10.5 Å². The number of hydrogen-bond acceptors (Lipinski definition) is 6. The molecule has 6 heteroatoms. The van der Waals surface area contributed by atoms with Gasteiger partial charge in [-0.1, -0.05) is 84.2 Å². The van der Waals surface area contributed by atoms with E-state index in [0.29, 0.717) is 11.1 Å². The highest BCUT2D eigenvalue weighted by Crippen LogP contribution is 2.47. The van der Waals surface area contributed by atoms with Gasteiger partial charge in [0, 0.05) is 38.3 Å². The van der Waals surface area contributed by atoms with E-state index in [-0.39, 0.29) is 11.4 Å². The SMILES string of the molecule is CCN1/C(=C/C=C2\CCC(/C=C/C(=O)c3ccc4ccccc4c3)=C2Sc2ccc3c(C)cc(=O)oc3c2)Sc2ccccc21. The second-order valence-corrected chi connectivity index (χ2v) is 13.3. The van der Waals surface area contributed by atoms with Crippen LogP contribution in [0.5, 0.6) is 0 Å². The van der Waals surface area contributed by atoms with Gasteiger partial charge in [0.25, 0.3) is 0 Å². The van der Waals surface area contributed by atoms with Gasteiger partial charge in [-0.25, -0.2) is 4.79 Å². The molecular formula is C39H31NO3S2. The largest absolute Gasteiger partial charge is 0.423 e. The quantitative estimate of drug-likeness (QED) is 0.102. The molecule has 1 aliphatic carbocycles. The number of hydrogen-bond donors (Lipinski definition) is 0. The Bertz CT molecular complexity index is 2170. The Morgan fingerprint density at radius 2 is 1.76 bits per heavy atom. The van der Waals surface area contributed by atoms with Crippen LogP contribution in [-0.4, -0.2) is 12.3 Å². The van der Waals surface area contributed by atoms with Crippen molar-refractivity contribution in [2.75, 3.05) is 11.4 Å². The molecule has 4 aromatic carbocycles. The Morgan fingerprint density at radius 3 is 2.62 bits per heavy atom. The number of anilines is 1. The second kappa shape index (κ2) is 12.5. The van der Waals surface area contributed by atoms with Crippen LogP contribution in [0.2, 0.25) is 0 Å². The predicted octanol–water partition coefficient (Wildman–Crippen LogP) is 10.2. The Hall–Kier alpha value is -4.52. The Morgan fingerprint density at radius 1 is 0.933 bits per heavy atom. The van der Waals surface area contributed by atoms with E-state index in [0.717, 1.165) is 56.5 Å². The summed E-state index contributed by atoms with van der Waals surface area (Å²) in [6, 6.07) is 30.0. The Balaban J connectivity index is 1.24. The van der Waals surface area contributed by atoms with Crippen LogP contribution in [-0.2, 0) is 0 Å². The van der Waals surface area contributed by atoms with Gasteiger partial charge in [0.05, 0.1) is 10.7 Å². The van der Waals surface area contributed by atoms with E-state index >= 15 is 0 Å². The van der Waals surface area contributed by atoms with E-state index in [2.05, 4.69) is 60.4 Å². The zero-order chi connectivity index (χ0) is 30.9. The number of allylic oxidation sites excluding steroid dienone is 6. The van der Waals surface area contributed by atoms with E-state index < -0.39 is 0 Å². The summed E-state index contributed by atoms with van der Waals surface area (Å²) < 4.78 is 5.55. The summed E-state index contributed by atoms with van der Waals surface area (Å²) in [6.07, 6.45) is 9.85. The minimum absolute atomic E-state index is 0.0150. The van der Waals surface area contributed by atoms with E-state index in [1.807, 2.05) is 61.5 Å². The lowest BCUT2D eigenvalue weighted by molar-refractivity contribution is 0.104. The predicted molar refractivity (Wildman–Crippen MR) is 188 cm³/mol. The highest BCUT2D eigenvalue weighted by molar-refractivity contribution is 8.04. The summed E-state index contributed by atoms with van der Waals surface area (Å²) in [5, 5.41) is 4.30. The second-order valence-electron chi connectivity index (χ2n) is 11.1. The van der Waals surface area contributed by atoms with Gasteiger partial charge in [0.1, 0.15) is 5.58 Å². The molecular weight excluding hydrogens is 595 g/mol. The maximum atomic E-state index is 13.3. The third-order valence-corrected chi connectivity index (χ3v) is 10.6. The van der Waals surface area contributed by atoms with Crippen molar-refractivity contribution >= 4 is 56.7 Å². The number of ketones is 1. The van der Waals surface area contributed by atoms with Gasteiger partial charge in [-0.3, -0.25) is 4.79 Å². The number of aryl methyl sites for hydroxylation is 1. The average molecular weight is 626 g/mol. The smallest absolute Gasteiger partial charge is 0.336 e. The molecule has 222 valence electrons. The Kier molecular flexibility index (Phi) is 8.09. The molecule has 5 aromatic rings. The fraction of sp³-hybridized carbons (Fsp3) is 0.128. The zero-order valence-corrected chi connectivity index (χ0v) is 26.7. The standard InChI is InChI=1S/C39H31NO3S2/c1-3-40-33-10-6-7-11-36(33)45-37(40)21-17-28-14-13-27(16-20-34(41)30-15-12-26-8-4-5-9-29(26)23-30)39(28)44-31-18-19-32-25(2)22-38(42)43-35(32)24-31/h4-12,15-24H,3,13-14H2,1-2H3/b20-16+,28-17+,37-21-. The normalized spacial score (nSPS) is 16.6. The molecule has 0 spiro atoms. The molecule has 0 amide bonds. The molecule has 1 aliphatic heterocycles. The number of para-hydroxylation sites is 1. The molecule has 7 rings (SSSR count). The third kappa shape index (κ3) is 5.96. The lowest BCUT2D eigenvalue weighted by Crippen LogP contribution is -2.16. The van der Waals surface area contributed by atoms with Crippen LogP contribution in [0.3, 0.4) is 0 Å². The van der Waals surface area contributed by atoms with Gasteiger partial charge >= 0.3 is 5.63 Å². The molecule has 2 aliphatic rings. The van der Waals surface area contributed by atoms with Crippen molar-refractivity contribution in [2.45, 2.75) is 36.5 Å². The summed E-state index contributed by atoms with van der Waals surface area (Å²) in [6.45, 7) is 4.99. The van der Waals surface area contributed by atoms with Crippen LogP contribution in [0.1, 0.15) is 35.7 Å². The first-order chi connectivity index (χ1) is 22.0. The summed E-state index contributed by atoms with van der Waals surface area (Å²) >= 11 is 3.45. The Labute approximate surface area is 270 Å². The van der Waals surface area contributed by atoms with E-state index in [1.165, 1.54) is 27.3 Å². The molecule has 2 heterocycles. The minimum Gasteiger partial charge on any atom is -0.423 e. The minimum atomic E-state index is -0.346. The van der Waals surface area contributed by atoms with Gasteiger partial charge in [0.2, 0.25) is 0 Å². The first kappa shape index (κ1) is 29.2. The van der Waals surface area contributed by atoms with E-state index in [1.54, 1.807) is 29.6 Å². The zero-order valence-electron chi connectivity index (χ0n) is 25.1. The van der Waals surface area contributed by atoms with Crippen LogP contribution in [0.15, 0.2) is 155 Å².